The minimum Gasteiger partial charge on any atom is -0.290 e. The maximum absolute atomic E-state index is 9.83. The maximum Gasteiger partial charge on any atom is 0.205 e. The first kappa shape index (κ1) is 4.57. The Bertz CT molecular complexity index is 94.4. The molecule has 0 aromatic carbocycles. The van der Waals surface area contributed by atoms with Gasteiger partial charge >= 0.3 is 0 Å². The van der Waals surface area contributed by atoms with Crippen LogP contribution in [0.15, 0.2) is 12.2 Å². The molecule has 1 unspecified atom stereocenters. The number of carbonyl (C=O) groups excluding carboxylic acids is 1. The third-order valence-corrected chi connectivity index (χ3v) is 1.16. The van der Waals surface area contributed by atoms with Gasteiger partial charge < -0.3 is 0 Å². The first-order chi connectivity index (χ1) is 3.43. The van der Waals surface area contributed by atoms with Crippen LogP contribution in [0.25, 0.3) is 0 Å². The zero-order valence-electron chi connectivity index (χ0n) is 4.05. The highest BCUT2D eigenvalue weighted by Crippen LogP contribution is 2.13. The minimum atomic E-state index is 0.111. The summed E-state index contributed by atoms with van der Waals surface area (Å²) < 4.78 is 0. The smallest absolute Gasteiger partial charge is 0.205 e. The van der Waals surface area contributed by atoms with E-state index in [1.165, 1.54) is 0 Å². The summed E-state index contributed by atoms with van der Waals surface area (Å²) in [5.74, 6) is 0.111. The fraction of sp³-hybridized carbons (Fsp3) is 0.500. The largest absolute Gasteiger partial charge is 0.290 e. The summed E-state index contributed by atoms with van der Waals surface area (Å²) in [6, 6.07) is 0. The van der Waals surface area contributed by atoms with Crippen molar-refractivity contribution in [2.45, 2.75) is 12.8 Å². The molecule has 0 aliphatic heterocycles. The van der Waals surface area contributed by atoms with E-state index in [9.17, 15) is 4.79 Å². The highest BCUT2D eigenvalue weighted by molar-refractivity contribution is 5.58. The van der Waals surface area contributed by atoms with E-state index in [0.29, 0.717) is 0 Å². The van der Waals surface area contributed by atoms with Crippen LogP contribution in [0.5, 0.6) is 0 Å². The molecule has 7 heavy (non-hydrogen) atoms. The average Bonchev–Trinajstić information content (AvgIpc) is 2.14. The maximum atomic E-state index is 9.83. The van der Waals surface area contributed by atoms with E-state index in [4.69, 9.17) is 0 Å². The van der Waals surface area contributed by atoms with Crippen molar-refractivity contribution in [3.63, 3.8) is 0 Å². The number of hydrogen-bond acceptors (Lipinski definition) is 1. The Labute approximate surface area is 43.0 Å². The summed E-state index contributed by atoms with van der Waals surface area (Å²) in [5.41, 5.74) is 0. The van der Waals surface area contributed by atoms with Crippen molar-refractivity contribution in [3.05, 3.63) is 12.2 Å². The number of hydrogen-bond donors (Lipinski definition) is 0. The zero-order valence-corrected chi connectivity index (χ0v) is 4.05. The van der Waals surface area contributed by atoms with Gasteiger partial charge in [0.1, 0.15) is 0 Å². The Balaban J connectivity index is 2.42. The molecule has 0 fully saturated rings. The monoisotopic (exact) mass is 95.0 g/mol. The SMILES string of the molecule is O=[C]C1C=CCC1. The van der Waals surface area contributed by atoms with Gasteiger partial charge in [-0.2, -0.15) is 0 Å². The third kappa shape index (κ3) is 0.889. The van der Waals surface area contributed by atoms with Gasteiger partial charge in [-0.1, -0.05) is 12.2 Å². The Morgan fingerprint density at radius 1 is 1.71 bits per heavy atom. The fourth-order valence-corrected chi connectivity index (χ4v) is 0.731. The van der Waals surface area contributed by atoms with Crippen molar-refractivity contribution in [1.29, 1.82) is 0 Å². The van der Waals surface area contributed by atoms with E-state index < -0.39 is 0 Å². The molecule has 0 saturated heterocycles. The molecule has 0 spiro atoms. The topological polar surface area (TPSA) is 17.1 Å². The van der Waals surface area contributed by atoms with Crippen molar-refractivity contribution in [2.24, 2.45) is 5.92 Å². The summed E-state index contributed by atoms with van der Waals surface area (Å²) in [6.07, 6.45) is 7.89. The number of rotatable bonds is 1. The van der Waals surface area contributed by atoms with Crippen molar-refractivity contribution in [1.82, 2.24) is 0 Å². The van der Waals surface area contributed by atoms with Gasteiger partial charge in [0.2, 0.25) is 6.29 Å². The van der Waals surface area contributed by atoms with E-state index in [1.807, 2.05) is 18.4 Å². The van der Waals surface area contributed by atoms with Gasteiger partial charge in [-0.25, -0.2) is 0 Å². The van der Waals surface area contributed by atoms with Crippen molar-refractivity contribution >= 4 is 6.29 Å². The van der Waals surface area contributed by atoms with Crippen LogP contribution in [0.2, 0.25) is 0 Å². The molecular weight excluding hydrogens is 88.1 g/mol. The molecule has 0 bridgehead atoms. The van der Waals surface area contributed by atoms with Crippen LogP contribution in [-0.2, 0) is 4.79 Å². The van der Waals surface area contributed by atoms with Gasteiger partial charge in [0.05, 0.1) is 0 Å². The predicted octanol–water partition coefficient (Wildman–Crippen LogP) is 1.06. The van der Waals surface area contributed by atoms with Gasteiger partial charge in [-0.3, -0.25) is 4.79 Å². The van der Waals surface area contributed by atoms with Crippen molar-refractivity contribution in [3.8, 4) is 0 Å². The average molecular weight is 95.1 g/mol. The summed E-state index contributed by atoms with van der Waals surface area (Å²) in [7, 11) is 0. The summed E-state index contributed by atoms with van der Waals surface area (Å²) >= 11 is 0. The molecule has 0 aromatic rings. The molecule has 1 heteroatoms. The molecule has 1 aliphatic rings. The van der Waals surface area contributed by atoms with E-state index in [2.05, 4.69) is 0 Å². The molecule has 0 saturated carbocycles. The second kappa shape index (κ2) is 1.92. The highest BCUT2D eigenvalue weighted by Gasteiger charge is 2.06. The first-order valence-electron chi connectivity index (χ1n) is 2.48. The lowest BCUT2D eigenvalue weighted by molar-refractivity contribution is 0.536. The van der Waals surface area contributed by atoms with Gasteiger partial charge in [0.15, 0.2) is 0 Å². The van der Waals surface area contributed by atoms with Gasteiger partial charge in [-0.15, -0.1) is 0 Å². The standard InChI is InChI=1S/C6H7O/c7-5-6-3-1-2-4-6/h1,3,6H,2,4H2. The Hall–Kier alpha value is -0.590. The lowest BCUT2D eigenvalue weighted by atomic mass is 10.2. The van der Waals surface area contributed by atoms with Crippen molar-refractivity contribution in [2.75, 3.05) is 0 Å². The van der Waals surface area contributed by atoms with Gasteiger partial charge in [-0.05, 0) is 12.8 Å². The van der Waals surface area contributed by atoms with Crippen LogP contribution < -0.4 is 0 Å². The van der Waals surface area contributed by atoms with Crippen LogP contribution in [-0.4, -0.2) is 6.29 Å². The Kier molecular flexibility index (Phi) is 1.25. The molecule has 0 aromatic heterocycles. The van der Waals surface area contributed by atoms with Crippen LogP contribution in [0.4, 0.5) is 0 Å². The number of allylic oxidation sites excluding steroid dienone is 2. The minimum absolute atomic E-state index is 0.111. The fourth-order valence-electron chi connectivity index (χ4n) is 0.731. The lowest BCUT2D eigenvalue weighted by Gasteiger charge is -1.86. The quantitative estimate of drug-likeness (QED) is 0.445. The molecule has 0 N–H and O–H groups in total. The summed E-state index contributed by atoms with van der Waals surface area (Å²) in [5, 5.41) is 0. The van der Waals surface area contributed by atoms with Crippen LogP contribution in [0.1, 0.15) is 12.8 Å². The van der Waals surface area contributed by atoms with E-state index in [0.717, 1.165) is 12.8 Å². The predicted molar refractivity (Wildman–Crippen MR) is 27.6 cm³/mol. The second-order valence-corrected chi connectivity index (χ2v) is 1.73. The molecule has 1 atom stereocenters. The van der Waals surface area contributed by atoms with E-state index >= 15 is 0 Å². The van der Waals surface area contributed by atoms with Crippen molar-refractivity contribution < 1.29 is 4.79 Å². The summed E-state index contributed by atoms with van der Waals surface area (Å²) in [6.45, 7) is 0. The molecular formula is C6H7O. The zero-order chi connectivity index (χ0) is 5.11. The lowest BCUT2D eigenvalue weighted by Crippen LogP contribution is -1.89. The molecule has 1 aliphatic carbocycles. The molecule has 0 amide bonds. The third-order valence-electron chi connectivity index (χ3n) is 1.16. The molecule has 1 radical (unpaired) electrons. The molecule has 37 valence electrons. The first-order valence-corrected chi connectivity index (χ1v) is 2.48. The Morgan fingerprint density at radius 2 is 2.57 bits per heavy atom. The Morgan fingerprint density at radius 3 is 2.86 bits per heavy atom. The van der Waals surface area contributed by atoms with Crippen LogP contribution >= 0.6 is 0 Å². The van der Waals surface area contributed by atoms with Crippen LogP contribution in [0.3, 0.4) is 0 Å². The molecule has 1 nitrogen and oxygen atoms in total. The normalized spacial score (nSPS) is 28.3. The highest BCUT2D eigenvalue weighted by atomic mass is 16.1. The molecule has 0 heterocycles. The second-order valence-electron chi connectivity index (χ2n) is 1.73. The van der Waals surface area contributed by atoms with E-state index in [-0.39, 0.29) is 5.92 Å². The van der Waals surface area contributed by atoms with Gasteiger partial charge in [0, 0.05) is 5.92 Å². The van der Waals surface area contributed by atoms with Crippen LogP contribution in [0, 0.1) is 5.92 Å². The molecule has 1 rings (SSSR count). The van der Waals surface area contributed by atoms with E-state index in [1.54, 1.807) is 0 Å². The summed E-state index contributed by atoms with van der Waals surface area (Å²) in [4.78, 5) is 9.83. The van der Waals surface area contributed by atoms with Gasteiger partial charge in [0.25, 0.3) is 0 Å².